The molecule has 0 bridgehead atoms. The van der Waals surface area contributed by atoms with E-state index in [1.807, 2.05) is 0 Å². The summed E-state index contributed by atoms with van der Waals surface area (Å²) in [5, 5.41) is 15.9. The summed E-state index contributed by atoms with van der Waals surface area (Å²) in [6, 6.07) is 0.328. The first-order valence-corrected chi connectivity index (χ1v) is 5.41. The van der Waals surface area contributed by atoms with Crippen LogP contribution in [0.3, 0.4) is 0 Å². The second kappa shape index (κ2) is 4.50. The first-order chi connectivity index (χ1) is 6.90. The SMILES string of the molecule is CCCn1nnc(C2CCCCN2)n1. The zero-order valence-electron chi connectivity index (χ0n) is 8.61. The Kier molecular flexibility index (Phi) is 3.08. The molecule has 5 nitrogen and oxygen atoms in total. The minimum atomic E-state index is 0.328. The van der Waals surface area contributed by atoms with E-state index in [-0.39, 0.29) is 0 Å². The zero-order valence-corrected chi connectivity index (χ0v) is 8.61. The number of rotatable bonds is 3. The molecule has 1 saturated heterocycles. The maximum absolute atomic E-state index is 4.36. The van der Waals surface area contributed by atoms with Crippen LogP contribution in [0.4, 0.5) is 0 Å². The van der Waals surface area contributed by atoms with Crippen LogP contribution in [0.5, 0.6) is 0 Å². The molecule has 14 heavy (non-hydrogen) atoms. The van der Waals surface area contributed by atoms with E-state index < -0.39 is 0 Å². The highest BCUT2D eigenvalue weighted by Crippen LogP contribution is 2.18. The van der Waals surface area contributed by atoms with Gasteiger partial charge in [-0.1, -0.05) is 13.3 Å². The molecule has 0 spiro atoms. The van der Waals surface area contributed by atoms with Crippen LogP contribution in [0, 0.1) is 0 Å². The quantitative estimate of drug-likeness (QED) is 0.778. The molecule has 2 heterocycles. The van der Waals surface area contributed by atoms with E-state index >= 15 is 0 Å². The van der Waals surface area contributed by atoms with Crippen LogP contribution in [0.25, 0.3) is 0 Å². The van der Waals surface area contributed by atoms with Gasteiger partial charge in [0.25, 0.3) is 0 Å². The Bertz CT molecular complexity index is 276. The van der Waals surface area contributed by atoms with Crippen molar-refractivity contribution in [3.63, 3.8) is 0 Å². The molecule has 1 fully saturated rings. The number of piperidine rings is 1. The fourth-order valence-electron chi connectivity index (χ4n) is 1.76. The van der Waals surface area contributed by atoms with Gasteiger partial charge in [-0.15, -0.1) is 10.2 Å². The molecule has 1 unspecified atom stereocenters. The lowest BCUT2D eigenvalue weighted by atomic mass is 10.1. The number of hydrogen-bond acceptors (Lipinski definition) is 4. The van der Waals surface area contributed by atoms with Gasteiger partial charge in [-0.25, -0.2) is 0 Å². The summed E-state index contributed by atoms with van der Waals surface area (Å²) in [4.78, 5) is 1.69. The molecule has 0 amide bonds. The van der Waals surface area contributed by atoms with Crippen LogP contribution in [0.1, 0.15) is 44.5 Å². The predicted molar refractivity (Wildman–Crippen MR) is 52.7 cm³/mol. The second-order valence-electron chi connectivity index (χ2n) is 3.75. The topological polar surface area (TPSA) is 55.6 Å². The van der Waals surface area contributed by atoms with Crippen LogP contribution < -0.4 is 5.32 Å². The van der Waals surface area contributed by atoms with E-state index in [9.17, 15) is 0 Å². The van der Waals surface area contributed by atoms with Crippen molar-refractivity contribution in [2.75, 3.05) is 6.54 Å². The molecule has 1 aliphatic rings. The van der Waals surface area contributed by atoms with Gasteiger partial charge in [-0.2, -0.15) is 4.80 Å². The summed E-state index contributed by atoms with van der Waals surface area (Å²) in [7, 11) is 0. The van der Waals surface area contributed by atoms with Gasteiger partial charge < -0.3 is 5.32 Å². The van der Waals surface area contributed by atoms with Crippen molar-refractivity contribution in [2.24, 2.45) is 0 Å². The minimum Gasteiger partial charge on any atom is -0.307 e. The van der Waals surface area contributed by atoms with Crippen molar-refractivity contribution in [2.45, 2.75) is 45.2 Å². The smallest absolute Gasteiger partial charge is 0.191 e. The Labute approximate surface area is 83.9 Å². The van der Waals surface area contributed by atoms with E-state index in [4.69, 9.17) is 0 Å². The molecule has 78 valence electrons. The van der Waals surface area contributed by atoms with Crippen molar-refractivity contribution in [1.82, 2.24) is 25.5 Å². The molecule has 0 saturated carbocycles. The molecule has 1 N–H and O–H groups in total. The molecule has 5 heteroatoms. The van der Waals surface area contributed by atoms with Gasteiger partial charge in [0.2, 0.25) is 0 Å². The van der Waals surface area contributed by atoms with Gasteiger partial charge in [-0.3, -0.25) is 0 Å². The molecule has 0 radical (unpaired) electrons. The van der Waals surface area contributed by atoms with Gasteiger partial charge in [0.1, 0.15) is 0 Å². The molecular weight excluding hydrogens is 178 g/mol. The fourth-order valence-corrected chi connectivity index (χ4v) is 1.76. The van der Waals surface area contributed by atoms with Gasteiger partial charge in [0.05, 0.1) is 12.6 Å². The average Bonchev–Trinajstić information content (AvgIpc) is 2.68. The first-order valence-electron chi connectivity index (χ1n) is 5.41. The second-order valence-corrected chi connectivity index (χ2v) is 3.75. The standard InChI is InChI=1S/C9H17N5/c1-2-7-14-12-9(11-13-14)8-5-3-4-6-10-8/h8,10H,2-7H2,1H3. The Balaban J connectivity index is 2.00. The van der Waals surface area contributed by atoms with Crippen LogP contribution in [-0.4, -0.2) is 26.8 Å². The van der Waals surface area contributed by atoms with Crippen molar-refractivity contribution in [3.8, 4) is 0 Å². The number of nitrogens with zero attached hydrogens (tertiary/aromatic N) is 4. The fraction of sp³-hybridized carbons (Fsp3) is 0.889. The van der Waals surface area contributed by atoms with Gasteiger partial charge in [0, 0.05) is 0 Å². The highest BCUT2D eigenvalue weighted by Gasteiger charge is 2.18. The predicted octanol–water partition coefficient (Wildman–Crippen LogP) is 0.898. The number of tetrazole rings is 1. The lowest BCUT2D eigenvalue weighted by Crippen LogP contribution is -2.27. The molecule has 1 aromatic heterocycles. The number of aryl methyl sites for hydroxylation is 1. The Morgan fingerprint density at radius 2 is 2.43 bits per heavy atom. The van der Waals surface area contributed by atoms with Gasteiger partial charge >= 0.3 is 0 Å². The van der Waals surface area contributed by atoms with E-state index in [1.165, 1.54) is 12.8 Å². The molecule has 1 atom stereocenters. The maximum atomic E-state index is 4.36. The molecule has 2 rings (SSSR count). The third-order valence-corrected chi connectivity index (χ3v) is 2.51. The molecule has 1 aromatic rings. The summed E-state index contributed by atoms with van der Waals surface area (Å²) >= 11 is 0. The largest absolute Gasteiger partial charge is 0.307 e. The number of nitrogens with one attached hydrogen (secondary N) is 1. The van der Waals surface area contributed by atoms with Crippen LogP contribution >= 0.6 is 0 Å². The first kappa shape index (κ1) is 9.58. The molecular formula is C9H17N5. The highest BCUT2D eigenvalue weighted by atomic mass is 15.6. The minimum absolute atomic E-state index is 0.328. The van der Waals surface area contributed by atoms with Crippen molar-refractivity contribution < 1.29 is 0 Å². The van der Waals surface area contributed by atoms with E-state index in [2.05, 4.69) is 27.7 Å². The van der Waals surface area contributed by atoms with Crippen molar-refractivity contribution in [3.05, 3.63) is 5.82 Å². The normalized spacial score (nSPS) is 22.5. The third-order valence-electron chi connectivity index (χ3n) is 2.51. The summed E-state index contributed by atoms with van der Waals surface area (Å²) in [6.07, 6.45) is 4.71. The summed E-state index contributed by atoms with van der Waals surface area (Å²) in [5.41, 5.74) is 0. The number of aromatic nitrogens is 4. The molecule has 0 aromatic carbocycles. The van der Waals surface area contributed by atoms with Crippen LogP contribution in [0.15, 0.2) is 0 Å². The monoisotopic (exact) mass is 195 g/mol. The van der Waals surface area contributed by atoms with E-state index in [0.29, 0.717) is 6.04 Å². The van der Waals surface area contributed by atoms with Crippen molar-refractivity contribution in [1.29, 1.82) is 0 Å². The number of hydrogen-bond donors (Lipinski definition) is 1. The van der Waals surface area contributed by atoms with Gasteiger partial charge in [0.15, 0.2) is 5.82 Å². The Hall–Kier alpha value is -0.970. The maximum Gasteiger partial charge on any atom is 0.191 e. The molecule has 0 aliphatic carbocycles. The van der Waals surface area contributed by atoms with E-state index in [1.54, 1.807) is 4.80 Å². The van der Waals surface area contributed by atoms with E-state index in [0.717, 1.165) is 31.8 Å². The lowest BCUT2D eigenvalue weighted by Gasteiger charge is -2.19. The Morgan fingerprint density at radius 1 is 1.50 bits per heavy atom. The highest BCUT2D eigenvalue weighted by molar-refractivity contribution is 4.91. The summed E-state index contributed by atoms with van der Waals surface area (Å²) in [6.45, 7) is 4.05. The average molecular weight is 195 g/mol. The summed E-state index contributed by atoms with van der Waals surface area (Å²) < 4.78 is 0. The zero-order chi connectivity index (χ0) is 9.80. The van der Waals surface area contributed by atoms with Crippen LogP contribution in [-0.2, 0) is 6.54 Å². The molecule has 1 aliphatic heterocycles. The Morgan fingerprint density at radius 3 is 3.14 bits per heavy atom. The van der Waals surface area contributed by atoms with Crippen molar-refractivity contribution >= 4 is 0 Å². The third kappa shape index (κ3) is 2.09. The lowest BCUT2D eigenvalue weighted by molar-refractivity contribution is 0.395. The van der Waals surface area contributed by atoms with Crippen LogP contribution in [0.2, 0.25) is 0 Å². The summed E-state index contributed by atoms with van der Waals surface area (Å²) in [5.74, 6) is 0.859. The van der Waals surface area contributed by atoms with Gasteiger partial charge in [-0.05, 0) is 31.0 Å².